The Bertz CT molecular complexity index is 404. The van der Waals surface area contributed by atoms with Crippen LogP contribution in [0.15, 0.2) is 23.7 Å². The van der Waals surface area contributed by atoms with Crippen molar-refractivity contribution in [1.82, 2.24) is 9.97 Å². The fraction of sp³-hybridized carbons (Fsp3) is 0.364. The molecular formula is C11H14N2OS. The molecule has 2 aromatic heterocycles. The lowest BCUT2D eigenvalue weighted by atomic mass is 10.1. The number of rotatable bonds is 4. The van der Waals surface area contributed by atoms with Crippen molar-refractivity contribution in [2.75, 3.05) is 6.61 Å². The van der Waals surface area contributed by atoms with Gasteiger partial charge in [0.05, 0.1) is 23.4 Å². The molecule has 0 saturated heterocycles. The number of hydrogen-bond donors (Lipinski definition) is 2. The summed E-state index contributed by atoms with van der Waals surface area (Å²) >= 11 is 1.68. The average Bonchev–Trinajstić information content (AvgIpc) is 2.89. The van der Waals surface area contributed by atoms with Gasteiger partial charge in [-0.15, -0.1) is 11.3 Å². The summed E-state index contributed by atoms with van der Waals surface area (Å²) in [5, 5.41) is 11.2. The SMILES string of the molecule is CCC(CO)c1ncc(-c2cccs2)[nH]1. The minimum Gasteiger partial charge on any atom is -0.396 e. The molecule has 0 aromatic carbocycles. The zero-order chi connectivity index (χ0) is 10.7. The maximum absolute atomic E-state index is 9.16. The van der Waals surface area contributed by atoms with Crippen LogP contribution < -0.4 is 0 Å². The fourth-order valence-electron chi connectivity index (χ4n) is 1.51. The third-order valence-corrected chi connectivity index (χ3v) is 3.39. The fourth-order valence-corrected chi connectivity index (χ4v) is 2.20. The van der Waals surface area contributed by atoms with Crippen molar-refractivity contribution in [3.05, 3.63) is 29.5 Å². The molecule has 0 bridgehead atoms. The zero-order valence-electron chi connectivity index (χ0n) is 8.60. The molecule has 0 spiro atoms. The van der Waals surface area contributed by atoms with Crippen LogP contribution in [0.25, 0.3) is 10.6 Å². The number of aliphatic hydroxyl groups is 1. The molecule has 0 aliphatic carbocycles. The van der Waals surface area contributed by atoms with Gasteiger partial charge in [-0.25, -0.2) is 4.98 Å². The van der Waals surface area contributed by atoms with Crippen LogP contribution in [0.1, 0.15) is 25.1 Å². The van der Waals surface area contributed by atoms with Crippen molar-refractivity contribution in [3.63, 3.8) is 0 Å². The summed E-state index contributed by atoms with van der Waals surface area (Å²) < 4.78 is 0. The lowest BCUT2D eigenvalue weighted by molar-refractivity contribution is 0.258. The second-order valence-corrected chi connectivity index (χ2v) is 4.39. The van der Waals surface area contributed by atoms with E-state index < -0.39 is 0 Å². The van der Waals surface area contributed by atoms with Gasteiger partial charge < -0.3 is 10.1 Å². The predicted octanol–water partition coefficient (Wildman–Crippen LogP) is 2.62. The van der Waals surface area contributed by atoms with Gasteiger partial charge in [0.1, 0.15) is 5.82 Å². The third-order valence-electron chi connectivity index (χ3n) is 2.48. The molecule has 0 aliphatic heterocycles. The summed E-state index contributed by atoms with van der Waals surface area (Å²) in [5.74, 6) is 1.00. The van der Waals surface area contributed by atoms with Crippen LogP contribution in [0.2, 0.25) is 0 Å². The molecule has 2 aromatic rings. The van der Waals surface area contributed by atoms with Crippen LogP contribution in [0.3, 0.4) is 0 Å². The first-order valence-electron chi connectivity index (χ1n) is 5.04. The Hall–Kier alpha value is -1.13. The van der Waals surface area contributed by atoms with Gasteiger partial charge in [-0.2, -0.15) is 0 Å². The first-order valence-corrected chi connectivity index (χ1v) is 5.92. The largest absolute Gasteiger partial charge is 0.396 e. The maximum atomic E-state index is 9.16. The number of imidazole rings is 1. The Morgan fingerprint density at radius 1 is 1.60 bits per heavy atom. The highest BCUT2D eigenvalue weighted by Gasteiger charge is 2.12. The quantitative estimate of drug-likeness (QED) is 0.835. The summed E-state index contributed by atoms with van der Waals surface area (Å²) in [6, 6.07) is 4.08. The molecule has 0 saturated carbocycles. The van der Waals surface area contributed by atoms with Crippen molar-refractivity contribution in [1.29, 1.82) is 0 Å². The van der Waals surface area contributed by atoms with Crippen LogP contribution in [-0.2, 0) is 0 Å². The molecule has 2 rings (SSSR count). The Labute approximate surface area is 92.8 Å². The molecule has 3 nitrogen and oxygen atoms in total. The van der Waals surface area contributed by atoms with Crippen molar-refractivity contribution < 1.29 is 5.11 Å². The molecule has 4 heteroatoms. The predicted molar refractivity (Wildman–Crippen MR) is 62.0 cm³/mol. The summed E-state index contributed by atoms with van der Waals surface area (Å²) in [4.78, 5) is 8.74. The van der Waals surface area contributed by atoms with E-state index in [2.05, 4.69) is 16.0 Å². The second-order valence-electron chi connectivity index (χ2n) is 3.45. The van der Waals surface area contributed by atoms with E-state index >= 15 is 0 Å². The number of nitrogens with zero attached hydrogens (tertiary/aromatic N) is 1. The third kappa shape index (κ3) is 2.11. The minimum atomic E-state index is 0.124. The number of aromatic amines is 1. The van der Waals surface area contributed by atoms with E-state index in [1.165, 1.54) is 4.88 Å². The van der Waals surface area contributed by atoms with Gasteiger partial charge in [-0.1, -0.05) is 13.0 Å². The van der Waals surface area contributed by atoms with Gasteiger partial charge in [-0.05, 0) is 17.9 Å². The molecule has 0 radical (unpaired) electrons. The first kappa shape index (κ1) is 10.4. The molecule has 2 heterocycles. The summed E-state index contributed by atoms with van der Waals surface area (Å²) in [7, 11) is 0. The van der Waals surface area contributed by atoms with Crippen molar-refractivity contribution in [3.8, 4) is 10.6 Å². The molecule has 0 amide bonds. The average molecular weight is 222 g/mol. The number of aromatic nitrogens is 2. The molecule has 1 atom stereocenters. The summed E-state index contributed by atoms with van der Waals surface area (Å²) in [6.07, 6.45) is 2.73. The van der Waals surface area contributed by atoms with Crippen LogP contribution in [0, 0.1) is 0 Å². The molecular weight excluding hydrogens is 208 g/mol. The molecule has 1 unspecified atom stereocenters. The number of thiophene rings is 1. The Morgan fingerprint density at radius 3 is 3.07 bits per heavy atom. The smallest absolute Gasteiger partial charge is 0.111 e. The Balaban J connectivity index is 2.24. The summed E-state index contributed by atoms with van der Waals surface area (Å²) in [6.45, 7) is 2.20. The number of hydrogen-bond acceptors (Lipinski definition) is 3. The highest BCUT2D eigenvalue weighted by molar-refractivity contribution is 7.13. The molecule has 80 valence electrons. The van der Waals surface area contributed by atoms with E-state index in [9.17, 15) is 0 Å². The Kier molecular flexibility index (Phi) is 3.18. The van der Waals surface area contributed by atoms with Gasteiger partial charge in [0.2, 0.25) is 0 Å². The number of H-pyrrole nitrogens is 1. The zero-order valence-corrected chi connectivity index (χ0v) is 9.42. The number of nitrogens with one attached hydrogen (secondary N) is 1. The van der Waals surface area contributed by atoms with E-state index in [1.807, 2.05) is 24.6 Å². The second kappa shape index (κ2) is 4.59. The van der Waals surface area contributed by atoms with E-state index in [4.69, 9.17) is 5.11 Å². The Morgan fingerprint density at radius 2 is 2.47 bits per heavy atom. The lowest BCUT2D eigenvalue weighted by Gasteiger charge is -2.06. The van der Waals surface area contributed by atoms with Gasteiger partial charge in [0.15, 0.2) is 0 Å². The van der Waals surface area contributed by atoms with Gasteiger partial charge in [0, 0.05) is 5.92 Å². The van der Waals surface area contributed by atoms with Gasteiger partial charge >= 0.3 is 0 Å². The first-order chi connectivity index (χ1) is 7.35. The van der Waals surface area contributed by atoms with Gasteiger partial charge in [0.25, 0.3) is 0 Å². The number of aliphatic hydroxyl groups excluding tert-OH is 1. The monoisotopic (exact) mass is 222 g/mol. The van der Waals surface area contributed by atoms with E-state index in [-0.39, 0.29) is 12.5 Å². The molecule has 2 N–H and O–H groups in total. The highest BCUT2D eigenvalue weighted by atomic mass is 32.1. The van der Waals surface area contributed by atoms with Crippen molar-refractivity contribution >= 4 is 11.3 Å². The molecule has 0 fully saturated rings. The van der Waals surface area contributed by atoms with Crippen LogP contribution in [-0.4, -0.2) is 21.7 Å². The molecule has 15 heavy (non-hydrogen) atoms. The van der Waals surface area contributed by atoms with Crippen LogP contribution in [0.4, 0.5) is 0 Å². The minimum absolute atomic E-state index is 0.124. The standard InChI is InChI=1S/C11H14N2OS/c1-2-8(7-14)11-12-6-9(13-11)10-4-3-5-15-10/h3-6,8,14H,2,7H2,1H3,(H,12,13). The highest BCUT2D eigenvalue weighted by Crippen LogP contribution is 2.25. The van der Waals surface area contributed by atoms with E-state index in [0.717, 1.165) is 17.9 Å². The lowest BCUT2D eigenvalue weighted by Crippen LogP contribution is -2.04. The summed E-state index contributed by atoms with van der Waals surface area (Å²) in [5.41, 5.74) is 1.03. The van der Waals surface area contributed by atoms with Crippen molar-refractivity contribution in [2.45, 2.75) is 19.3 Å². The molecule has 0 aliphatic rings. The van der Waals surface area contributed by atoms with E-state index in [1.54, 1.807) is 11.3 Å². The van der Waals surface area contributed by atoms with E-state index in [0.29, 0.717) is 0 Å². The maximum Gasteiger partial charge on any atom is 0.111 e. The normalized spacial score (nSPS) is 12.9. The van der Waals surface area contributed by atoms with Crippen LogP contribution >= 0.6 is 11.3 Å². The van der Waals surface area contributed by atoms with Crippen molar-refractivity contribution in [2.24, 2.45) is 0 Å². The van der Waals surface area contributed by atoms with Crippen LogP contribution in [0.5, 0.6) is 0 Å². The van der Waals surface area contributed by atoms with Gasteiger partial charge in [-0.3, -0.25) is 0 Å². The topological polar surface area (TPSA) is 48.9 Å².